The van der Waals surface area contributed by atoms with E-state index in [9.17, 15) is 4.79 Å². The summed E-state index contributed by atoms with van der Waals surface area (Å²) in [5.74, 6) is 0.411. The van der Waals surface area contributed by atoms with Crippen molar-refractivity contribution in [1.29, 1.82) is 0 Å². The Morgan fingerprint density at radius 3 is 2.80 bits per heavy atom. The molecule has 0 fully saturated rings. The number of aryl methyl sites for hydroxylation is 2. The fraction of sp³-hybridized carbons (Fsp3) is 0.312. The third-order valence-corrected chi connectivity index (χ3v) is 4.76. The summed E-state index contributed by atoms with van der Waals surface area (Å²) in [7, 11) is 0. The largest absolute Gasteiger partial charge is 0.299 e. The summed E-state index contributed by atoms with van der Waals surface area (Å²) in [4.78, 5) is 12.4. The highest BCUT2D eigenvalue weighted by molar-refractivity contribution is 7.71. The number of carbonyl (C=O) groups is 1. The molecule has 0 unspecified atom stereocenters. The summed E-state index contributed by atoms with van der Waals surface area (Å²) in [5.41, 5.74) is 2.05. The number of aromatic nitrogens is 5. The molecule has 0 aliphatic carbocycles. The van der Waals surface area contributed by atoms with Crippen LogP contribution in [0.25, 0.3) is 11.4 Å². The Morgan fingerprint density at radius 1 is 1.32 bits per heavy atom. The Labute approximate surface area is 154 Å². The molecule has 0 saturated heterocycles. The number of rotatable bonds is 6. The minimum atomic E-state index is -0.218. The van der Waals surface area contributed by atoms with Gasteiger partial charge in [0.2, 0.25) is 11.0 Å². The molecule has 2 N–H and O–H groups in total. The fourth-order valence-corrected chi connectivity index (χ4v) is 3.36. The van der Waals surface area contributed by atoms with Crippen molar-refractivity contribution in [3.63, 3.8) is 0 Å². The second-order valence-electron chi connectivity index (χ2n) is 5.60. The van der Waals surface area contributed by atoms with Crippen molar-refractivity contribution in [2.24, 2.45) is 0 Å². The van der Waals surface area contributed by atoms with Gasteiger partial charge in [0.15, 0.2) is 10.6 Å². The third kappa shape index (κ3) is 4.18. The van der Waals surface area contributed by atoms with Gasteiger partial charge in [-0.1, -0.05) is 48.1 Å². The number of nitrogens with one attached hydrogen (secondary N) is 2. The number of anilines is 1. The molecule has 0 atom stereocenters. The smallest absolute Gasteiger partial charge is 0.246 e. The summed E-state index contributed by atoms with van der Waals surface area (Å²) in [6, 6.07) is 7.90. The SMILES string of the molecule is CCCc1nnc(NC(=O)Cn2c(-c3ccc(C)cc3)n[nH]c2=S)s1. The van der Waals surface area contributed by atoms with Gasteiger partial charge in [-0.25, -0.2) is 0 Å². The molecular formula is C16H18N6OS2. The molecule has 3 rings (SSSR count). The molecule has 2 aromatic heterocycles. The first-order valence-corrected chi connectivity index (χ1v) is 9.13. The number of H-pyrrole nitrogens is 1. The van der Waals surface area contributed by atoms with Crippen LogP contribution in [0.5, 0.6) is 0 Å². The van der Waals surface area contributed by atoms with Crippen LogP contribution in [0.1, 0.15) is 23.9 Å². The molecule has 0 saturated carbocycles. The van der Waals surface area contributed by atoms with Crippen LogP contribution < -0.4 is 5.32 Å². The van der Waals surface area contributed by atoms with Crippen molar-refractivity contribution in [2.75, 3.05) is 5.32 Å². The monoisotopic (exact) mass is 374 g/mol. The van der Waals surface area contributed by atoms with Crippen LogP contribution in [0.4, 0.5) is 5.13 Å². The van der Waals surface area contributed by atoms with E-state index in [4.69, 9.17) is 12.2 Å². The predicted molar refractivity (Wildman–Crippen MR) is 100 cm³/mol. The van der Waals surface area contributed by atoms with E-state index in [1.54, 1.807) is 4.57 Å². The van der Waals surface area contributed by atoms with E-state index in [0.717, 1.165) is 29.0 Å². The zero-order chi connectivity index (χ0) is 17.8. The lowest BCUT2D eigenvalue weighted by Crippen LogP contribution is -2.19. The lowest BCUT2D eigenvalue weighted by Gasteiger charge is -2.06. The molecule has 1 aromatic carbocycles. The van der Waals surface area contributed by atoms with Crippen LogP contribution in [0, 0.1) is 11.7 Å². The molecule has 9 heteroatoms. The summed E-state index contributed by atoms with van der Waals surface area (Å²) in [6.45, 7) is 4.15. The highest BCUT2D eigenvalue weighted by Crippen LogP contribution is 2.19. The lowest BCUT2D eigenvalue weighted by molar-refractivity contribution is -0.116. The maximum Gasteiger partial charge on any atom is 0.246 e. The molecule has 130 valence electrons. The van der Waals surface area contributed by atoms with E-state index in [-0.39, 0.29) is 12.5 Å². The lowest BCUT2D eigenvalue weighted by atomic mass is 10.1. The standard InChI is InChI=1S/C16H18N6OS2/c1-3-4-13-18-20-15(25-13)17-12(23)9-22-14(19-21-16(22)24)11-7-5-10(2)6-8-11/h5-8H,3-4,9H2,1-2H3,(H,21,24)(H,17,20,23). The second-order valence-corrected chi connectivity index (χ2v) is 7.05. The fourth-order valence-electron chi connectivity index (χ4n) is 2.31. The van der Waals surface area contributed by atoms with E-state index >= 15 is 0 Å². The van der Waals surface area contributed by atoms with Crippen molar-refractivity contribution in [2.45, 2.75) is 33.2 Å². The number of nitrogens with zero attached hydrogens (tertiary/aromatic N) is 4. The predicted octanol–water partition coefficient (Wildman–Crippen LogP) is 3.36. The normalized spacial score (nSPS) is 10.8. The number of benzene rings is 1. The molecule has 1 amide bonds. The summed E-state index contributed by atoms with van der Waals surface area (Å²) in [5, 5.41) is 19.2. The van der Waals surface area contributed by atoms with Gasteiger partial charge in [0.05, 0.1) is 0 Å². The first-order chi connectivity index (χ1) is 12.1. The van der Waals surface area contributed by atoms with E-state index in [2.05, 4.69) is 32.6 Å². The van der Waals surface area contributed by atoms with Crippen molar-refractivity contribution in [3.8, 4) is 11.4 Å². The van der Waals surface area contributed by atoms with Crippen LogP contribution in [0.15, 0.2) is 24.3 Å². The highest BCUT2D eigenvalue weighted by Gasteiger charge is 2.14. The Morgan fingerprint density at radius 2 is 2.08 bits per heavy atom. The van der Waals surface area contributed by atoms with E-state index in [0.29, 0.717) is 15.7 Å². The molecule has 0 radical (unpaired) electrons. The molecule has 25 heavy (non-hydrogen) atoms. The average molecular weight is 374 g/mol. The van der Waals surface area contributed by atoms with Gasteiger partial charge in [-0.05, 0) is 25.6 Å². The van der Waals surface area contributed by atoms with E-state index in [1.807, 2.05) is 31.2 Å². The van der Waals surface area contributed by atoms with E-state index < -0.39 is 0 Å². The van der Waals surface area contributed by atoms with Gasteiger partial charge in [0, 0.05) is 12.0 Å². The Bertz CT molecular complexity index is 925. The van der Waals surface area contributed by atoms with Gasteiger partial charge in [0.1, 0.15) is 11.6 Å². The van der Waals surface area contributed by atoms with Gasteiger partial charge in [-0.2, -0.15) is 5.10 Å². The van der Waals surface area contributed by atoms with Crippen LogP contribution in [-0.4, -0.2) is 30.9 Å². The summed E-state index contributed by atoms with van der Waals surface area (Å²) >= 11 is 6.65. The number of amides is 1. The summed E-state index contributed by atoms with van der Waals surface area (Å²) < 4.78 is 2.07. The van der Waals surface area contributed by atoms with Gasteiger partial charge < -0.3 is 0 Å². The minimum absolute atomic E-state index is 0.0568. The first-order valence-electron chi connectivity index (χ1n) is 7.91. The molecule has 0 bridgehead atoms. The van der Waals surface area contributed by atoms with Crippen LogP contribution in [0.2, 0.25) is 0 Å². The summed E-state index contributed by atoms with van der Waals surface area (Å²) in [6.07, 6.45) is 1.85. The Hall–Kier alpha value is -2.39. The number of hydrogen-bond donors (Lipinski definition) is 2. The van der Waals surface area contributed by atoms with Crippen LogP contribution >= 0.6 is 23.6 Å². The number of hydrogen-bond acceptors (Lipinski definition) is 6. The highest BCUT2D eigenvalue weighted by atomic mass is 32.1. The third-order valence-electron chi connectivity index (χ3n) is 3.55. The average Bonchev–Trinajstić information content (AvgIpc) is 3.16. The Balaban J connectivity index is 1.76. The molecule has 7 nitrogen and oxygen atoms in total. The maximum absolute atomic E-state index is 12.4. The first kappa shape index (κ1) is 17.4. The van der Waals surface area contributed by atoms with Crippen molar-refractivity contribution in [1.82, 2.24) is 25.0 Å². The number of carbonyl (C=O) groups excluding carboxylic acids is 1. The Kier molecular flexibility index (Phi) is 5.34. The number of aromatic amines is 1. The van der Waals surface area contributed by atoms with Crippen molar-refractivity contribution < 1.29 is 4.79 Å². The molecule has 0 aliphatic rings. The quantitative estimate of drug-likeness (QED) is 0.646. The zero-order valence-electron chi connectivity index (χ0n) is 13.9. The molecule has 3 aromatic rings. The van der Waals surface area contributed by atoms with E-state index in [1.165, 1.54) is 11.3 Å². The van der Waals surface area contributed by atoms with Gasteiger partial charge in [-0.3, -0.25) is 19.8 Å². The van der Waals surface area contributed by atoms with Crippen molar-refractivity contribution >= 4 is 34.6 Å². The van der Waals surface area contributed by atoms with Gasteiger partial charge >= 0.3 is 0 Å². The molecule has 0 spiro atoms. The zero-order valence-corrected chi connectivity index (χ0v) is 15.6. The molecule has 2 heterocycles. The van der Waals surface area contributed by atoms with Crippen LogP contribution in [-0.2, 0) is 17.8 Å². The topological polar surface area (TPSA) is 88.5 Å². The second kappa shape index (κ2) is 7.66. The van der Waals surface area contributed by atoms with Crippen LogP contribution in [0.3, 0.4) is 0 Å². The minimum Gasteiger partial charge on any atom is -0.299 e. The van der Waals surface area contributed by atoms with Crippen molar-refractivity contribution in [3.05, 3.63) is 39.6 Å². The molecular weight excluding hydrogens is 356 g/mol. The molecule has 0 aliphatic heterocycles. The maximum atomic E-state index is 12.4. The van der Waals surface area contributed by atoms with Gasteiger partial charge in [0.25, 0.3) is 0 Å². The van der Waals surface area contributed by atoms with Gasteiger partial charge in [-0.15, -0.1) is 10.2 Å².